The quantitative estimate of drug-likeness (QED) is 0.434. The predicted octanol–water partition coefficient (Wildman–Crippen LogP) is 5.79. The van der Waals surface area contributed by atoms with Crippen molar-refractivity contribution in [1.82, 2.24) is 4.90 Å². The van der Waals surface area contributed by atoms with Gasteiger partial charge in [0.05, 0.1) is 27.8 Å². The van der Waals surface area contributed by atoms with Crippen LogP contribution in [0, 0.1) is 0 Å². The highest BCUT2D eigenvalue weighted by atomic mass is 79.9. The van der Waals surface area contributed by atoms with Gasteiger partial charge in [-0.3, -0.25) is 4.99 Å². The third-order valence-electron chi connectivity index (χ3n) is 3.24. The van der Waals surface area contributed by atoms with Gasteiger partial charge in [-0.05, 0) is 45.8 Å². The van der Waals surface area contributed by atoms with Gasteiger partial charge < -0.3 is 9.80 Å². The van der Waals surface area contributed by atoms with Crippen LogP contribution in [0.15, 0.2) is 44.8 Å². The highest BCUT2D eigenvalue weighted by Crippen LogP contribution is 2.37. The first kappa shape index (κ1) is 19.8. The first-order chi connectivity index (χ1) is 11.8. The number of hydrogen-bond donors (Lipinski definition) is 0. The number of anilines is 1. The fourth-order valence-corrected chi connectivity index (χ4v) is 3.36. The third-order valence-corrected chi connectivity index (χ3v) is 4.45. The molecule has 0 aromatic heterocycles. The molecule has 0 atom stereocenters. The lowest BCUT2D eigenvalue weighted by Crippen LogP contribution is -2.09. The Labute approximate surface area is 166 Å². The van der Waals surface area contributed by atoms with Gasteiger partial charge in [-0.1, -0.05) is 29.3 Å². The molecule has 25 heavy (non-hydrogen) atoms. The summed E-state index contributed by atoms with van der Waals surface area (Å²) in [5.41, 5.74) is 3.28. The zero-order valence-electron chi connectivity index (χ0n) is 14.5. The molecule has 0 bridgehead atoms. The van der Waals surface area contributed by atoms with Gasteiger partial charge in [0, 0.05) is 38.9 Å². The molecular weight excluding hydrogens is 423 g/mol. The van der Waals surface area contributed by atoms with E-state index in [4.69, 9.17) is 23.2 Å². The number of nitrogens with zero attached hydrogens (tertiary/aromatic N) is 4. The lowest BCUT2D eigenvalue weighted by molar-refractivity contribution is 0.643. The molecule has 0 heterocycles. The number of aliphatic imine (C=N–C) groups is 2. The molecule has 0 aliphatic carbocycles. The summed E-state index contributed by atoms with van der Waals surface area (Å²) >= 11 is 16.1. The minimum Gasteiger partial charge on any atom is -0.377 e. The van der Waals surface area contributed by atoms with Crippen LogP contribution in [0.25, 0.3) is 0 Å². The maximum absolute atomic E-state index is 6.28. The Hall–Kier alpha value is -1.56. The molecule has 0 amide bonds. The summed E-state index contributed by atoms with van der Waals surface area (Å²) in [4.78, 5) is 12.6. The van der Waals surface area contributed by atoms with Crippen molar-refractivity contribution in [1.29, 1.82) is 0 Å². The molecule has 0 aliphatic rings. The van der Waals surface area contributed by atoms with E-state index in [1.807, 2.05) is 56.2 Å². The lowest BCUT2D eigenvalue weighted by Gasteiger charge is -2.14. The molecule has 0 aliphatic heterocycles. The van der Waals surface area contributed by atoms with Crippen LogP contribution in [0.2, 0.25) is 10.0 Å². The van der Waals surface area contributed by atoms with Crippen molar-refractivity contribution in [2.75, 3.05) is 33.1 Å². The molecule has 2 aromatic rings. The summed E-state index contributed by atoms with van der Waals surface area (Å²) in [5.74, 6) is 0. The van der Waals surface area contributed by atoms with Crippen LogP contribution in [0.5, 0.6) is 0 Å². The van der Waals surface area contributed by atoms with E-state index < -0.39 is 0 Å². The van der Waals surface area contributed by atoms with Gasteiger partial charge in [-0.2, -0.15) is 0 Å². The van der Waals surface area contributed by atoms with E-state index in [9.17, 15) is 0 Å². The molecule has 0 radical (unpaired) electrons. The summed E-state index contributed by atoms with van der Waals surface area (Å²) in [6.07, 6.45) is 3.43. The van der Waals surface area contributed by atoms with Crippen molar-refractivity contribution < 1.29 is 0 Å². The highest BCUT2D eigenvalue weighted by molar-refractivity contribution is 9.10. The van der Waals surface area contributed by atoms with Gasteiger partial charge in [-0.15, -0.1) is 0 Å². The van der Waals surface area contributed by atoms with Gasteiger partial charge in [-0.25, -0.2) is 4.99 Å². The van der Waals surface area contributed by atoms with Crippen LogP contribution in [0.4, 0.5) is 17.1 Å². The second-order valence-corrected chi connectivity index (χ2v) is 7.50. The Morgan fingerprint density at radius 2 is 1.60 bits per heavy atom. The number of benzene rings is 2. The van der Waals surface area contributed by atoms with Gasteiger partial charge in [0.1, 0.15) is 5.69 Å². The molecule has 2 rings (SSSR count). The fraction of sp³-hybridized carbons (Fsp3) is 0.222. The highest BCUT2D eigenvalue weighted by Gasteiger charge is 2.07. The predicted molar refractivity (Wildman–Crippen MR) is 114 cm³/mol. The minimum absolute atomic E-state index is 0.460. The molecule has 0 saturated heterocycles. The Morgan fingerprint density at radius 1 is 0.960 bits per heavy atom. The summed E-state index contributed by atoms with van der Waals surface area (Å²) in [7, 11) is 7.75. The minimum atomic E-state index is 0.460. The monoisotopic (exact) mass is 440 g/mol. The average Bonchev–Trinajstić information content (AvgIpc) is 2.51. The van der Waals surface area contributed by atoms with Crippen LogP contribution in [-0.4, -0.2) is 45.6 Å². The van der Waals surface area contributed by atoms with E-state index in [-0.39, 0.29) is 0 Å². The van der Waals surface area contributed by atoms with Crippen LogP contribution in [0.1, 0.15) is 5.56 Å². The zero-order valence-corrected chi connectivity index (χ0v) is 17.6. The Morgan fingerprint density at radius 3 is 2.12 bits per heavy atom. The van der Waals surface area contributed by atoms with E-state index in [0.717, 1.165) is 15.7 Å². The van der Waals surface area contributed by atoms with Gasteiger partial charge in [0.2, 0.25) is 0 Å². The smallest absolute Gasteiger partial charge is 0.102 e. The van der Waals surface area contributed by atoms with E-state index in [0.29, 0.717) is 21.4 Å². The molecule has 0 fully saturated rings. The summed E-state index contributed by atoms with van der Waals surface area (Å²) in [6.45, 7) is 0. The largest absolute Gasteiger partial charge is 0.377 e. The topological polar surface area (TPSA) is 31.2 Å². The lowest BCUT2D eigenvalue weighted by atomic mass is 10.2. The first-order valence-electron chi connectivity index (χ1n) is 7.48. The first-order valence-corrected chi connectivity index (χ1v) is 9.03. The maximum Gasteiger partial charge on any atom is 0.102 e. The second-order valence-electron chi connectivity index (χ2n) is 5.83. The van der Waals surface area contributed by atoms with E-state index >= 15 is 0 Å². The number of hydrogen-bond acceptors (Lipinski definition) is 3. The molecule has 0 unspecified atom stereocenters. The fourth-order valence-electron chi connectivity index (χ4n) is 2.04. The molecule has 7 heteroatoms. The van der Waals surface area contributed by atoms with Gasteiger partial charge in [0.25, 0.3) is 0 Å². The van der Waals surface area contributed by atoms with Crippen LogP contribution in [0.3, 0.4) is 0 Å². The Bertz CT molecular complexity index is 794. The Kier molecular flexibility index (Phi) is 6.87. The zero-order chi connectivity index (χ0) is 18.6. The number of halogens is 3. The van der Waals surface area contributed by atoms with Crippen molar-refractivity contribution in [3.05, 3.63) is 50.4 Å². The maximum atomic E-state index is 6.28. The van der Waals surface area contributed by atoms with Crippen LogP contribution >= 0.6 is 39.1 Å². The van der Waals surface area contributed by atoms with Gasteiger partial charge in [0.15, 0.2) is 0 Å². The summed E-state index contributed by atoms with van der Waals surface area (Å²) in [5, 5.41) is 0.920. The van der Waals surface area contributed by atoms with Crippen LogP contribution < -0.4 is 4.90 Å². The average molecular weight is 442 g/mol. The molecular formula is C18H19BrCl2N4. The molecule has 0 saturated carbocycles. The van der Waals surface area contributed by atoms with E-state index in [1.54, 1.807) is 24.7 Å². The standard InChI is InChI=1S/C18H19BrCl2N4/c1-24(2)11-23-18-15(20)8-13(9-16(18)21)22-10-12-5-6-17(25(3)4)14(19)7-12/h5-11H,1-4H3/b22-10+,23-11-. The van der Waals surface area contributed by atoms with Crippen molar-refractivity contribution in [2.45, 2.75) is 0 Å². The normalized spacial score (nSPS) is 11.5. The molecule has 132 valence electrons. The van der Waals surface area contributed by atoms with Crippen molar-refractivity contribution in [3.63, 3.8) is 0 Å². The molecule has 0 spiro atoms. The SMILES string of the molecule is CN(C)/C=N\c1c(Cl)cc(/N=C/c2ccc(N(C)C)c(Br)c2)cc1Cl. The van der Waals surface area contributed by atoms with Crippen molar-refractivity contribution in [2.24, 2.45) is 9.98 Å². The van der Waals surface area contributed by atoms with Gasteiger partial charge >= 0.3 is 0 Å². The molecule has 4 nitrogen and oxygen atoms in total. The van der Waals surface area contributed by atoms with Crippen molar-refractivity contribution in [3.8, 4) is 0 Å². The van der Waals surface area contributed by atoms with Crippen LogP contribution in [-0.2, 0) is 0 Å². The summed E-state index contributed by atoms with van der Waals surface area (Å²) in [6, 6.07) is 9.54. The molecule has 2 aromatic carbocycles. The molecule has 0 N–H and O–H groups in total. The van der Waals surface area contributed by atoms with Crippen molar-refractivity contribution >= 4 is 68.7 Å². The van der Waals surface area contributed by atoms with E-state index in [1.165, 1.54) is 0 Å². The number of rotatable bonds is 5. The Balaban J connectivity index is 2.26. The van der Waals surface area contributed by atoms with E-state index in [2.05, 4.69) is 25.9 Å². The third kappa shape index (κ3) is 5.46. The summed E-state index contributed by atoms with van der Waals surface area (Å²) < 4.78 is 1.01. The second kappa shape index (κ2) is 8.70.